The third-order valence-corrected chi connectivity index (χ3v) is 3.45. The van der Waals surface area contributed by atoms with E-state index in [0.717, 1.165) is 0 Å². The molecule has 0 fully saturated rings. The minimum absolute atomic E-state index is 0.0374. The number of nitrogens with one attached hydrogen (secondary N) is 1. The van der Waals surface area contributed by atoms with Gasteiger partial charge < -0.3 is 14.8 Å². The molecule has 6 heteroatoms. The molecule has 0 aliphatic carbocycles. The Morgan fingerprint density at radius 1 is 1.12 bits per heavy atom. The van der Waals surface area contributed by atoms with Crippen LogP contribution in [0.15, 0.2) is 54.1 Å². The Bertz CT molecular complexity index is 847. The zero-order valence-electron chi connectivity index (χ0n) is 14.5. The molecule has 0 aliphatic rings. The van der Waals surface area contributed by atoms with E-state index in [9.17, 15) is 14.9 Å². The average molecular weight is 350 g/mol. The van der Waals surface area contributed by atoms with E-state index in [0.29, 0.717) is 29.2 Å². The van der Waals surface area contributed by atoms with Crippen LogP contribution in [0.4, 0.5) is 5.69 Å². The second-order valence-corrected chi connectivity index (χ2v) is 5.19. The highest BCUT2D eigenvalue weighted by atomic mass is 16.5. The van der Waals surface area contributed by atoms with Crippen molar-refractivity contribution in [2.24, 2.45) is 0 Å². The lowest BCUT2D eigenvalue weighted by atomic mass is 10.1. The maximum absolute atomic E-state index is 12.3. The highest BCUT2D eigenvalue weighted by molar-refractivity contribution is 6.09. The molecule has 26 heavy (non-hydrogen) atoms. The number of amides is 1. The smallest absolute Gasteiger partial charge is 0.338 e. The summed E-state index contributed by atoms with van der Waals surface area (Å²) in [6, 6.07) is 15.1. The first-order chi connectivity index (χ1) is 12.6. The molecule has 0 bridgehead atoms. The lowest BCUT2D eigenvalue weighted by molar-refractivity contribution is -0.112. The minimum Gasteiger partial charge on any atom is -0.497 e. The van der Waals surface area contributed by atoms with Crippen LogP contribution in [0, 0.1) is 11.3 Å². The molecule has 0 radical (unpaired) electrons. The van der Waals surface area contributed by atoms with Crippen molar-refractivity contribution >= 4 is 23.6 Å². The van der Waals surface area contributed by atoms with Gasteiger partial charge in [0.25, 0.3) is 5.91 Å². The Labute approximate surface area is 151 Å². The van der Waals surface area contributed by atoms with Crippen molar-refractivity contribution in [1.29, 1.82) is 5.26 Å². The van der Waals surface area contributed by atoms with Gasteiger partial charge in [0.15, 0.2) is 0 Å². The van der Waals surface area contributed by atoms with Crippen LogP contribution in [0.1, 0.15) is 22.8 Å². The summed E-state index contributed by atoms with van der Waals surface area (Å²) in [6.07, 6.45) is 1.49. The molecule has 132 valence electrons. The number of ether oxygens (including phenoxy) is 2. The summed E-state index contributed by atoms with van der Waals surface area (Å²) in [7, 11) is 1.56. The molecule has 0 heterocycles. The van der Waals surface area contributed by atoms with Crippen molar-refractivity contribution in [1.82, 2.24) is 0 Å². The summed E-state index contributed by atoms with van der Waals surface area (Å²) in [5, 5.41) is 11.9. The molecule has 2 aromatic carbocycles. The molecule has 0 aliphatic heterocycles. The van der Waals surface area contributed by atoms with Crippen molar-refractivity contribution in [2.45, 2.75) is 6.92 Å². The Hall–Kier alpha value is -3.59. The maximum Gasteiger partial charge on any atom is 0.338 e. The molecule has 2 rings (SSSR count). The van der Waals surface area contributed by atoms with Crippen LogP contribution < -0.4 is 10.1 Å². The van der Waals surface area contributed by atoms with Gasteiger partial charge in [-0.3, -0.25) is 4.79 Å². The maximum atomic E-state index is 12.3. The predicted octanol–water partition coefficient (Wildman–Crippen LogP) is 3.42. The monoisotopic (exact) mass is 350 g/mol. The first kappa shape index (κ1) is 18.7. The average Bonchev–Trinajstić information content (AvgIpc) is 2.67. The van der Waals surface area contributed by atoms with Gasteiger partial charge in [0.1, 0.15) is 17.4 Å². The summed E-state index contributed by atoms with van der Waals surface area (Å²) in [6.45, 7) is 2.02. The van der Waals surface area contributed by atoms with Crippen LogP contribution in [-0.4, -0.2) is 25.6 Å². The fourth-order valence-electron chi connectivity index (χ4n) is 2.12. The van der Waals surface area contributed by atoms with Crippen molar-refractivity contribution < 1.29 is 19.1 Å². The van der Waals surface area contributed by atoms with E-state index in [-0.39, 0.29) is 5.57 Å². The molecule has 2 aromatic rings. The zero-order chi connectivity index (χ0) is 18.9. The lowest BCUT2D eigenvalue weighted by Crippen LogP contribution is -2.13. The molecule has 0 saturated carbocycles. The first-order valence-electron chi connectivity index (χ1n) is 7.91. The van der Waals surface area contributed by atoms with E-state index in [4.69, 9.17) is 9.47 Å². The van der Waals surface area contributed by atoms with Crippen LogP contribution in [0.2, 0.25) is 0 Å². The summed E-state index contributed by atoms with van der Waals surface area (Å²) in [5.41, 5.74) is 1.53. The topological polar surface area (TPSA) is 88.4 Å². The second kappa shape index (κ2) is 9.04. The van der Waals surface area contributed by atoms with Gasteiger partial charge in [0, 0.05) is 5.69 Å². The van der Waals surface area contributed by atoms with E-state index >= 15 is 0 Å². The number of benzene rings is 2. The Balaban J connectivity index is 2.10. The van der Waals surface area contributed by atoms with E-state index in [1.165, 1.54) is 6.08 Å². The van der Waals surface area contributed by atoms with Crippen molar-refractivity contribution in [3.8, 4) is 11.8 Å². The molecule has 0 unspecified atom stereocenters. The summed E-state index contributed by atoms with van der Waals surface area (Å²) in [4.78, 5) is 23.9. The van der Waals surface area contributed by atoms with Crippen LogP contribution in [-0.2, 0) is 9.53 Å². The van der Waals surface area contributed by atoms with E-state index in [1.54, 1.807) is 62.6 Å². The highest BCUT2D eigenvalue weighted by Gasteiger charge is 2.11. The standard InChI is InChI=1S/C20H18N2O4/c1-3-26-20(24)15-6-8-17(9-7-15)22-19(23)16(13-21)12-14-4-10-18(25-2)11-5-14/h4-12H,3H2,1-2H3,(H,22,23)/b16-12-. The largest absolute Gasteiger partial charge is 0.497 e. The molecule has 0 saturated heterocycles. The molecule has 1 amide bonds. The zero-order valence-corrected chi connectivity index (χ0v) is 14.5. The van der Waals surface area contributed by atoms with Crippen molar-refractivity contribution in [3.63, 3.8) is 0 Å². The summed E-state index contributed by atoms with van der Waals surface area (Å²) >= 11 is 0. The van der Waals surface area contributed by atoms with E-state index in [2.05, 4.69) is 5.32 Å². The molecule has 0 aromatic heterocycles. The minimum atomic E-state index is -0.535. The van der Waals surface area contributed by atoms with Gasteiger partial charge in [-0.1, -0.05) is 12.1 Å². The highest BCUT2D eigenvalue weighted by Crippen LogP contribution is 2.16. The number of carbonyl (C=O) groups is 2. The third kappa shape index (κ3) is 4.95. The lowest BCUT2D eigenvalue weighted by Gasteiger charge is -2.06. The molecule has 0 atom stereocenters. The van der Waals surface area contributed by atoms with Gasteiger partial charge in [-0.25, -0.2) is 4.79 Å². The van der Waals surface area contributed by atoms with E-state index < -0.39 is 11.9 Å². The summed E-state index contributed by atoms with van der Waals surface area (Å²) in [5.74, 6) is -0.276. The van der Waals surface area contributed by atoms with Crippen LogP contribution >= 0.6 is 0 Å². The number of anilines is 1. The molecular formula is C20H18N2O4. The number of hydrogen-bond donors (Lipinski definition) is 1. The normalized spacial score (nSPS) is 10.6. The fourth-order valence-corrected chi connectivity index (χ4v) is 2.12. The van der Waals surface area contributed by atoms with Gasteiger partial charge >= 0.3 is 5.97 Å². The number of rotatable bonds is 6. The van der Waals surface area contributed by atoms with Crippen molar-refractivity contribution in [2.75, 3.05) is 19.0 Å². The predicted molar refractivity (Wildman–Crippen MR) is 97.6 cm³/mol. The quantitative estimate of drug-likeness (QED) is 0.490. The molecular weight excluding hydrogens is 332 g/mol. The fraction of sp³-hybridized carbons (Fsp3) is 0.150. The van der Waals surface area contributed by atoms with Crippen molar-refractivity contribution in [3.05, 3.63) is 65.2 Å². The van der Waals surface area contributed by atoms with Gasteiger partial charge in [-0.05, 0) is 55.0 Å². The number of esters is 1. The van der Waals surface area contributed by atoms with Gasteiger partial charge in [0.2, 0.25) is 0 Å². The van der Waals surface area contributed by atoms with Gasteiger partial charge in [-0.15, -0.1) is 0 Å². The number of hydrogen-bond acceptors (Lipinski definition) is 5. The number of nitriles is 1. The molecule has 6 nitrogen and oxygen atoms in total. The SMILES string of the molecule is CCOC(=O)c1ccc(NC(=O)/C(C#N)=C\c2ccc(OC)cc2)cc1. The molecule has 0 spiro atoms. The molecule has 1 N–H and O–H groups in total. The third-order valence-electron chi connectivity index (χ3n) is 3.45. The number of methoxy groups -OCH3 is 1. The number of nitrogens with zero attached hydrogens (tertiary/aromatic N) is 1. The van der Waals surface area contributed by atoms with Crippen LogP contribution in [0.25, 0.3) is 6.08 Å². The van der Waals surface area contributed by atoms with E-state index in [1.807, 2.05) is 6.07 Å². The summed E-state index contributed by atoms with van der Waals surface area (Å²) < 4.78 is 9.97. The Morgan fingerprint density at radius 2 is 1.77 bits per heavy atom. The second-order valence-electron chi connectivity index (χ2n) is 5.19. The van der Waals surface area contributed by atoms with Gasteiger partial charge in [0.05, 0.1) is 19.3 Å². The number of carbonyl (C=O) groups excluding carboxylic acids is 2. The Morgan fingerprint density at radius 3 is 2.31 bits per heavy atom. The van der Waals surface area contributed by atoms with Crippen LogP contribution in [0.5, 0.6) is 5.75 Å². The Kier molecular flexibility index (Phi) is 6.52. The van der Waals surface area contributed by atoms with Crippen LogP contribution in [0.3, 0.4) is 0 Å². The first-order valence-corrected chi connectivity index (χ1v) is 7.91. The van der Waals surface area contributed by atoms with Gasteiger partial charge in [-0.2, -0.15) is 5.26 Å².